The van der Waals surface area contributed by atoms with Gasteiger partial charge < -0.3 is 0 Å². The fraction of sp³-hybridized carbons (Fsp3) is 0.0175. The molecule has 0 nitrogen and oxygen atoms in total. The molecule has 2 aliphatic rings. The highest BCUT2D eigenvalue weighted by Crippen LogP contribution is 2.67. The predicted octanol–water partition coefficient (Wildman–Crippen LogP) is 15.1. The van der Waals surface area contributed by atoms with Crippen LogP contribution in [-0.2, 0) is 5.41 Å². The quantitative estimate of drug-likeness (QED) is 0.156. The third kappa shape index (κ3) is 3.97. The average Bonchev–Trinajstić information content (AvgIpc) is 3.77. The average molecular weight is 719 g/mol. The maximum atomic E-state index is 2.58. The van der Waals surface area contributed by atoms with Gasteiger partial charge in [-0.1, -0.05) is 188 Å². The Hall–Kier alpha value is -7.28. The molecule has 0 saturated carbocycles. The largest absolute Gasteiger partial charge is 0.0732 e. The first kappa shape index (κ1) is 31.0. The Labute approximate surface area is 330 Å². The van der Waals surface area contributed by atoms with Gasteiger partial charge in [0, 0.05) is 0 Å². The molecular weight excluding hydrogens is 685 g/mol. The molecule has 2 aliphatic carbocycles. The van der Waals surface area contributed by atoms with Crippen LogP contribution in [0.4, 0.5) is 0 Å². The Kier molecular flexibility index (Phi) is 6.19. The first-order chi connectivity index (χ1) is 28.3. The van der Waals surface area contributed by atoms with E-state index < -0.39 is 5.41 Å². The Bertz CT molecular complexity index is 3480. The maximum absolute atomic E-state index is 2.58. The van der Waals surface area contributed by atoms with E-state index in [9.17, 15) is 0 Å². The highest BCUT2D eigenvalue weighted by atomic mass is 14.5. The van der Waals surface area contributed by atoms with Crippen molar-refractivity contribution in [3.63, 3.8) is 0 Å². The second-order valence-electron chi connectivity index (χ2n) is 15.8. The van der Waals surface area contributed by atoms with E-state index in [4.69, 9.17) is 0 Å². The summed E-state index contributed by atoms with van der Waals surface area (Å²) in [7, 11) is 0. The molecule has 0 atom stereocenters. The Morgan fingerprint density at radius 2 is 0.684 bits per heavy atom. The van der Waals surface area contributed by atoms with Crippen LogP contribution >= 0.6 is 0 Å². The summed E-state index contributed by atoms with van der Waals surface area (Å²) in [6, 6.07) is 77.6. The third-order valence-corrected chi connectivity index (χ3v) is 13.2. The molecule has 11 aromatic carbocycles. The molecule has 0 unspecified atom stereocenters. The number of benzene rings is 11. The van der Waals surface area contributed by atoms with Crippen molar-refractivity contribution in [2.24, 2.45) is 0 Å². The number of hydrogen-bond acceptors (Lipinski definition) is 0. The molecule has 0 bridgehead atoms. The monoisotopic (exact) mass is 718 g/mol. The van der Waals surface area contributed by atoms with Crippen LogP contribution < -0.4 is 0 Å². The van der Waals surface area contributed by atoms with E-state index in [1.807, 2.05) is 0 Å². The highest BCUT2D eigenvalue weighted by Gasteiger charge is 2.53. The summed E-state index contributed by atoms with van der Waals surface area (Å²) in [4.78, 5) is 0. The van der Waals surface area contributed by atoms with Crippen molar-refractivity contribution in [2.45, 2.75) is 5.41 Å². The third-order valence-electron chi connectivity index (χ3n) is 13.2. The van der Waals surface area contributed by atoms with Gasteiger partial charge in [-0.05, 0) is 139 Å². The topological polar surface area (TPSA) is 0 Å². The van der Waals surface area contributed by atoms with Crippen LogP contribution in [0.2, 0.25) is 0 Å². The van der Waals surface area contributed by atoms with Crippen LogP contribution in [0.25, 0.3) is 98.4 Å². The van der Waals surface area contributed by atoms with E-state index >= 15 is 0 Å². The summed E-state index contributed by atoms with van der Waals surface area (Å²) < 4.78 is 0. The molecule has 0 amide bonds. The lowest BCUT2D eigenvalue weighted by Crippen LogP contribution is -2.26. The van der Waals surface area contributed by atoms with Gasteiger partial charge in [-0.25, -0.2) is 0 Å². The lowest BCUT2D eigenvalue weighted by Gasteiger charge is -2.32. The van der Waals surface area contributed by atoms with Crippen molar-refractivity contribution in [3.05, 3.63) is 229 Å². The highest BCUT2D eigenvalue weighted by molar-refractivity contribution is 6.24. The maximum Gasteiger partial charge on any atom is 0.0732 e. The summed E-state index contributed by atoms with van der Waals surface area (Å²) >= 11 is 0. The van der Waals surface area contributed by atoms with Crippen LogP contribution in [0.5, 0.6) is 0 Å². The standard InChI is InChI=1S/C57H34/c1-2-19-38-37(16-1)33-49(42-23-4-3-20-39(38)42)35-17-15-18-36(32-35)50-34-53-54(46-27-8-6-24-43(46)50)55-47-28-9-5-21-40(47)41-22-7-10-29-48(41)56(55)57(53)51-30-13-11-25-44(51)45-26-12-14-31-52(45)57/h1-34H. The van der Waals surface area contributed by atoms with Crippen molar-refractivity contribution in [1.82, 2.24) is 0 Å². The van der Waals surface area contributed by atoms with Crippen LogP contribution in [-0.4, -0.2) is 0 Å². The van der Waals surface area contributed by atoms with Crippen molar-refractivity contribution < 1.29 is 0 Å². The van der Waals surface area contributed by atoms with Gasteiger partial charge in [-0.3, -0.25) is 0 Å². The van der Waals surface area contributed by atoms with Gasteiger partial charge in [0.25, 0.3) is 0 Å². The van der Waals surface area contributed by atoms with Crippen molar-refractivity contribution in [2.75, 3.05) is 0 Å². The minimum atomic E-state index is -0.508. The molecule has 262 valence electrons. The van der Waals surface area contributed by atoms with Crippen LogP contribution in [0, 0.1) is 0 Å². The first-order valence-corrected chi connectivity index (χ1v) is 20.0. The zero-order chi connectivity index (χ0) is 37.2. The Morgan fingerprint density at radius 1 is 0.246 bits per heavy atom. The van der Waals surface area contributed by atoms with Gasteiger partial charge in [-0.15, -0.1) is 0 Å². The number of hydrogen-bond donors (Lipinski definition) is 0. The minimum Gasteiger partial charge on any atom is -0.0619 e. The Morgan fingerprint density at radius 3 is 1.33 bits per heavy atom. The SMILES string of the molecule is c1cc(-c2cc3c(c4ccccc24)-c2c(c4ccccc4c4ccccc24)C32c3ccccc3-c3ccccc32)cc(-c2cc3ccccc3c3ccccc23)c1. The van der Waals surface area contributed by atoms with Crippen LogP contribution in [0.15, 0.2) is 206 Å². The smallest absolute Gasteiger partial charge is 0.0619 e. The summed E-state index contributed by atoms with van der Waals surface area (Å²) in [5.74, 6) is 0. The summed E-state index contributed by atoms with van der Waals surface area (Å²) in [5.41, 5.74) is 15.3. The molecule has 57 heavy (non-hydrogen) atoms. The van der Waals surface area contributed by atoms with E-state index in [-0.39, 0.29) is 0 Å². The van der Waals surface area contributed by atoms with Gasteiger partial charge in [0.15, 0.2) is 0 Å². The fourth-order valence-corrected chi connectivity index (χ4v) is 11.0. The molecule has 1 spiro atoms. The fourth-order valence-electron chi connectivity index (χ4n) is 11.0. The second-order valence-corrected chi connectivity index (χ2v) is 15.8. The normalized spacial score (nSPS) is 13.4. The molecule has 0 radical (unpaired) electrons. The number of rotatable bonds is 2. The van der Waals surface area contributed by atoms with Gasteiger partial charge >= 0.3 is 0 Å². The van der Waals surface area contributed by atoms with E-state index in [0.717, 1.165) is 0 Å². The molecule has 0 heteroatoms. The van der Waals surface area contributed by atoms with E-state index in [1.54, 1.807) is 0 Å². The molecule has 11 aromatic rings. The van der Waals surface area contributed by atoms with E-state index in [0.29, 0.717) is 0 Å². The van der Waals surface area contributed by atoms with Gasteiger partial charge in [0.05, 0.1) is 5.41 Å². The van der Waals surface area contributed by atoms with Crippen molar-refractivity contribution in [1.29, 1.82) is 0 Å². The van der Waals surface area contributed by atoms with Crippen molar-refractivity contribution >= 4 is 53.9 Å². The second kappa shape index (κ2) is 11.4. The molecule has 0 fully saturated rings. The molecule has 0 saturated heterocycles. The van der Waals surface area contributed by atoms with E-state index in [2.05, 4.69) is 206 Å². The molecule has 0 heterocycles. The van der Waals surface area contributed by atoms with Gasteiger partial charge in [0.2, 0.25) is 0 Å². The minimum absolute atomic E-state index is 0.508. The Balaban J connectivity index is 1.18. The first-order valence-electron chi connectivity index (χ1n) is 20.0. The molecule has 0 aliphatic heterocycles. The van der Waals surface area contributed by atoms with Crippen molar-refractivity contribution in [3.8, 4) is 44.5 Å². The van der Waals surface area contributed by atoms with E-state index in [1.165, 1.54) is 121 Å². The summed E-state index contributed by atoms with van der Waals surface area (Å²) in [6.45, 7) is 0. The van der Waals surface area contributed by atoms with Gasteiger partial charge in [0.1, 0.15) is 0 Å². The molecule has 13 rings (SSSR count). The summed E-state index contributed by atoms with van der Waals surface area (Å²) in [6.07, 6.45) is 0. The molecule has 0 N–H and O–H groups in total. The zero-order valence-electron chi connectivity index (χ0n) is 31.1. The zero-order valence-corrected chi connectivity index (χ0v) is 31.1. The molecule has 0 aromatic heterocycles. The predicted molar refractivity (Wildman–Crippen MR) is 241 cm³/mol. The van der Waals surface area contributed by atoms with Gasteiger partial charge in [-0.2, -0.15) is 0 Å². The van der Waals surface area contributed by atoms with Crippen LogP contribution in [0.3, 0.4) is 0 Å². The molecular formula is C57H34. The lowest BCUT2D eigenvalue weighted by atomic mass is 9.68. The lowest BCUT2D eigenvalue weighted by molar-refractivity contribution is 0.803. The number of fused-ring (bicyclic) bond motifs is 20. The summed E-state index contributed by atoms with van der Waals surface area (Å²) in [5, 5.41) is 12.9. The van der Waals surface area contributed by atoms with Crippen LogP contribution in [0.1, 0.15) is 22.3 Å².